The van der Waals surface area contributed by atoms with E-state index in [1.54, 1.807) is 0 Å². The maximum absolute atomic E-state index is 11.8. The number of amides is 1. The zero-order valence-electron chi connectivity index (χ0n) is 9.95. The second kappa shape index (κ2) is 6.51. The van der Waals surface area contributed by atoms with E-state index in [-0.39, 0.29) is 12.3 Å². The highest BCUT2D eigenvalue weighted by molar-refractivity contribution is 5.77. The van der Waals surface area contributed by atoms with Gasteiger partial charge < -0.3 is 10.0 Å². The fourth-order valence-electron chi connectivity index (χ4n) is 2.06. The van der Waals surface area contributed by atoms with Gasteiger partial charge in [0.15, 0.2) is 0 Å². The molecule has 1 aliphatic heterocycles. The Morgan fingerprint density at radius 3 is 2.69 bits per heavy atom. The molecule has 1 saturated heterocycles. The van der Waals surface area contributed by atoms with Crippen LogP contribution in [-0.4, -0.2) is 35.0 Å². The maximum atomic E-state index is 11.8. The zero-order valence-corrected chi connectivity index (χ0v) is 9.95. The average Bonchev–Trinajstić information content (AvgIpc) is 2.42. The second-order valence-electron chi connectivity index (χ2n) is 4.66. The molecule has 1 amide bonds. The zero-order chi connectivity index (χ0) is 12.0. The van der Waals surface area contributed by atoms with Gasteiger partial charge >= 0.3 is 5.97 Å². The molecule has 0 saturated carbocycles. The lowest BCUT2D eigenvalue weighted by Gasteiger charge is -2.20. The third kappa shape index (κ3) is 4.64. The summed E-state index contributed by atoms with van der Waals surface area (Å²) >= 11 is 0. The summed E-state index contributed by atoms with van der Waals surface area (Å²) in [4.78, 5) is 24.0. The topological polar surface area (TPSA) is 57.6 Å². The highest BCUT2D eigenvalue weighted by Gasteiger charge is 2.18. The van der Waals surface area contributed by atoms with Gasteiger partial charge in [0.1, 0.15) is 0 Å². The molecule has 1 N–H and O–H groups in total. The number of hydrogen-bond acceptors (Lipinski definition) is 2. The standard InChI is InChI=1S/C12H21NO3/c1-10-4-3-8-13(9-7-10)11(14)5-2-6-12(15)16/h10H,2-9H2,1H3,(H,15,16). The summed E-state index contributed by atoms with van der Waals surface area (Å²) in [6.45, 7) is 3.90. The second-order valence-corrected chi connectivity index (χ2v) is 4.66. The molecule has 1 aliphatic rings. The van der Waals surface area contributed by atoms with Gasteiger partial charge in [0, 0.05) is 25.9 Å². The number of carbonyl (C=O) groups excluding carboxylic acids is 1. The van der Waals surface area contributed by atoms with Crippen molar-refractivity contribution in [3.05, 3.63) is 0 Å². The first-order valence-electron chi connectivity index (χ1n) is 6.09. The van der Waals surface area contributed by atoms with Crippen molar-refractivity contribution in [2.45, 2.75) is 45.4 Å². The Morgan fingerprint density at radius 1 is 1.25 bits per heavy atom. The van der Waals surface area contributed by atoms with E-state index in [2.05, 4.69) is 6.92 Å². The van der Waals surface area contributed by atoms with Gasteiger partial charge in [-0.3, -0.25) is 9.59 Å². The first kappa shape index (κ1) is 13.0. The van der Waals surface area contributed by atoms with Crippen LogP contribution in [0.2, 0.25) is 0 Å². The van der Waals surface area contributed by atoms with Crippen LogP contribution in [0.4, 0.5) is 0 Å². The number of likely N-dealkylation sites (tertiary alicyclic amines) is 1. The van der Waals surface area contributed by atoms with Gasteiger partial charge in [-0.05, 0) is 31.6 Å². The summed E-state index contributed by atoms with van der Waals surface area (Å²) in [5, 5.41) is 8.49. The van der Waals surface area contributed by atoms with Crippen molar-refractivity contribution in [2.24, 2.45) is 5.92 Å². The van der Waals surface area contributed by atoms with Gasteiger partial charge in [0.25, 0.3) is 0 Å². The first-order chi connectivity index (χ1) is 7.59. The number of nitrogens with zero attached hydrogens (tertiary/aromatic N) is 1. The molecule has 0 spiro atoms. The summed E-state index contributed by atoms with van der Waals surface area (Å²) in [5.74, 6) is 0.00413. The molecular weight excluding hydrogens is 206 g/mol. The van der Waals surface area contributed by atoms with E-state index >= 15 is 0 Å². The normalized spacial score (nSPS) is 21.6. The summed E-state index contributed by atoms with van der Waals surface area (Å²) in [5.41, 5.74) is 0. The molecule has 0 aromatic carbocycles. The molecule has 4 nitrogen and oxygen atoms in total. The van der Waals surface area contributed by atoms with E-state index in [1.807, 2.05) is 4.90 Å². The maximum Gasteiger partial charge on any atom is 0.303 e. The highest BCUT2D eigenvalue weighted by Crippen LogP contribution is 2.17. The number of rotatable bonds is 4. The molecule has 0 aromatic rings. The van der Waals surface area contributed by atoms with Gasteiger partial charge in [0.2, 0.25) is 5.91 Å². The van der Waals surface area contributed by atoms with Gasteiger partial charge in [0.05, 0.1) is 0 Å². The van der Waals surface area contributed by atoms with Crippen molar-refractivity contribution in [2.75, 3.05) is 13.1 Å². The average molecular weight is 227 g/mol. The lowest BCUT2D eigenvalue weighted by atomic mass is 10.0. The van der Waals surface area contributed by atoms with Crippen LogP contribution in [-0.2, 0) is 9.59 Å². The lowest BCUT2D eigenvalue weighted by molar-refractivity contribution is -0.137. The van der Waals surface area contributed by atoms with Gasteiger partial charge in [-0.2, -0.15) is 0 Å². The first-order valence-corrected chi connectivity index (χ1v) is 6.09. The summed E-state index contributed by atoms with van der Waals surface area (Å²) in [7, 11) is 0. The van der Waals surface area contributed by atoms with E-state index in [0.717, 1.165) is 25.9 Å². The number of carboxylic acids is 1. The molecule has 0 radical (unpaired) electrons. The molecule has 1 heterocycles. The Balaban J connectivity index is 2.27. The molecule has 1 fully saturated rings. The third-order valence-electron chi connectivity index (χ3n) is 3.15. The van der Waals surface area contributed by atoms with E-state index in [9.17, 15) is 9.59 Å². The van der Waals surface area contributed by atoms with Gasteiger partial charge in [-0.1, -0.05) is 6.92 Å². The van der Waals surface area contributed by atoms with Crippen LogP contribution < -0.4 is 0 Å². The molecule has 1 atom stereocenters. The molecule has 0 aromatic heterocycles. The Labute approximate surface area is 96.6 Å². The van der Waals surface area contributed by atoms with Crippen LogP contribution >= 0.6 is 0 Å². The molecule has 1 rings (SSSR count). The molecule has 16 heavy (non-hydrogen) atoms. The fourth-order valence-corrected chi connectivity index (χ4v) is 2.06. The van der Waals surface area contributed by atoms with Gasteiger partial charge in [-0.25, -0.2) is 0 Å². The minimum Gasteiger partial charge on any atom is -0.481 e. The largest absolute Gasteiger partial charge is 0.481 e. The van der Waals surface area contributed by atoms with Crippen LogP contribution in [0.1, 0.15) is 45.4 Å². The highest BCUT2D eigenvalue weighted by atomic mass is 16.4. The Morgan fingerprint density at radius 2 is 2.00 bits per heavy atom. The SMILES string of the molecule is CC1CCCN(C(=O)CCCC(=O)O)CC1. The molecule has 0 bridgehead atoms. The smallest absolute Gasteiger partial charge is 0.303 e. The predicted octanol–water partition coefficient (Wildman–Crippen LogP) is 1.89. The quantitative estimate of drug-likeness (QED) is 0.798. The van der Waals surface area contributed by atoms with E-state index < -0.39 is 5.97 Å². The molecule has 0 aliphatic carbocycles. The Hall–Kier alpha value is -1.06. The van der Waals surface area contributed by atoms with Crippen LogP contribution in [0.15, 0.2) is 0 Å². The molecular formula is C12H21NO3. The minimum atomic E-state index is -0.822. The van der Waals surface area contributed by atoms with E-state index in [1.165, 1.54) is 6.42 Å². The number of hydrogen-bond donors (Lipinski definition) is 1. The van der Waals surface area contributed by atoms with Crippen molar-refractivity contribution in [1.82, 2.24) is 4.90 Å². The van der Waals surface area contributed by atoms with Crippen molar-refractivity contribution < 1.29 is 14.7 Å². The van der Waals surface area contributed by atoms with Crippen LogP contribution in [0.5, 0.6) is 0 Å². The predicted molar refractivity (Wildman–Crippen MR) is 61.1 cm³/mol. The van der Waals surface area contributed by atoms with Crippen LogP contribution in [0.25, 0.3) is 0 Å². The Bertz CT molecular complexity index is 253. The van der Waals surface area contributed by atoms with Crippen LogP contribution in [0.3, 0.4) is 0 Å². The number of carboxylic acid groups (broad SMARTS) is 1. The number of carbonyl (C=O) groups is 2. The van der Waals surface area contributed by atoms with Gasteiger partial charge in [-0.15, -0.1) is 0 Å². The molecule has 92 valence electrons. The monoisotopic (exact) mass is 227 g/mol. The minimum absolute atomic E-state index is 0.0932. The molecule has 1 unspecified atom stereocenters. The van der Waals surface area contributed by atoms with E-state index in [0.29, 0.717) is 18.8 Å². The summed E-state index contributed by atoms with van der Waals surface area (Å²) in [6.07, 6.45) is 4.27. The lowest BCUT2D eigenvalue weighted by Crippen LogP contribution is -2.31. The van der Waals surface area contributed by atoms with Crippen molar-refractivity contribution in [3.8, 4) is 0 Å². The van der Waals surface area contributed by atoms with Crippen LogP contribution in [0, 0.1) is 5.92 Å². The molecule has 4 heteroatoms. The summed E-state index contributed by atoms with van der Waals surface area (Å²) in [6, 6.07) is 0. The fraction of sp³-hybridized carbons (Fsp3) is 0.833. The summed E-state index contributed by atoms with van der Waals surface area (Å²) < 4.78 is 0. The number of aliphatic carboxylic acids is 1. The Kier molecular flexibility index (Phi) is 5.29. The van der Waals surface area contributed by atoms with Crippen molar-refractivity contribution >= 4 is 11.9 Å². The third-order valence-corrected chi connectivity index (χ3v) is 3.15. The van der Waals surface area contributed by atoms with Crippen molar-refractivity contribution in [3.63, 3.8) is 0 Å². The van der Waals surface area contributed by atoms with E-state index in [4.69, 9.17) is 5.11 Å². The van der Waals surface area contributed by atoms with Crippen molar-refractivity contribution in [1.29, 1.82) is 0 Å².